The van der Waals surface area contributed by atoms with Crippen molar-refractivity contribution < 1.29 is 9.53 Å². The molecule has 0 unspecified atom stereocenters. The van der Waals surface area contributed by atoms with Gasteiger partial charge in [0.15, 0.2) is 0 Å². The molecule has 92 valence electrons. The van der Waals surface area contributed by atoms with Gasteiger partial charge in [-0.25, -0.2) is 9.78 Å². The molecular weight excluding hydrogens is 230 g/mol. The number of nitrogens with zero attached hydrogens (tertiary/aromatic N) is 3. The Kier molecular flexibility index (Phi) is 2.72. The Morgan fingerprint density at radius 3 is 2.89 bits per heavy atom. The largest absolute Gasteiger partial charge is 0.415 e. The zero-order valence-electron chi connectivity index (χ0n) is 9.82. The SMILES string of the molecule is O=C(Oc1ccccc1)N1CCn2ccnc2C1. The molecule has 0 N–H and O–H groups in total. The van der Waals surface area contributed by atoms with Gasteiger partial charge in [0.2, 0.25) is 0 Å². The van der Waals surface area contributed by atoms with E-state index < -0.39 is 0 Å². The van der Waals surface area contributed by atoms with Crippen molar-refractivity contribution in [3.8, 4) is 5.75 Å². The summed E-state index contributed by atoms with van der Waals surface area (Å²) >= 11 is 0. The highest BCUT2D eigenvalue weighted by Gasteiger charge is 2.22. The summed E-state index contributed by atoms with van der Waals surface area (Å²) in [7, 11) is 0. The number of carbonyl (C=O) groups is 1. The van der Waals surface area contributed by atoms with Crippen LogP contribution in [0.2, 0.25) is 0 Å². The minimum atomic E-state index is -0.324. The second kappa shape index (κ2) is 4.52. The van der Waals surface area contributed by atoms with Crippen LogP contribution < -0.4 is 4.74 Å². The first kappa shape index (κ1) is 10.8. The Balaban J connectivity index is 1.68. The Morgan fingerprint density at radius 2 is 2.06 bits per heavy atom. The average molecular weight is 243 g/mol. The van der Waals surface area contributed by atoms with E-state index >= 15 is 0 Å². The van der Waals surface area contributed by atoms with Gasteiger partial charge in [-0.15, -0.1) is 0 Å². The van der Waals surface area contributed by atoms with Gasteiger partial charge in [0.05, 0.1) is 6.54 Å². The smallest absolute Gasteiger partial charge is 0.410 e. The Morgan fingerprint density at radius 1 is 1.22 bits per heavy atom. The molecule has 1 amide bonds. The lowest BCUT2D eigenvalue weighted by molar-refractivity contribution is 0.138. The van der Waals surface area contributed by atoms with Crippen LogP contribution >= 0.6 is 0 Å². The fraction of sp³-hybridized carbons (Fsp3) is 0.231. The van der Waals surface area contributed by atoms with E-state index in [1.807, 2.05) is 29.0 Å². The van der Waals surface area contributed by atoms with E-state index in [9.17, 15) is 4.79 Å². The summed E-state index contributed by atoms with van der Waals surface area (Å²) < 4.78 is 7.34. The molecule has 0 aliphatic carbocycles. The monoisotopic (exact) mass is 243 g/mol. The number of hydrogen-bond acceptors (Lipinski definition) is 3. The molecule has 18 heavy (non-hydrogen) atoms. The zero-order valence-corrected chi connectivity index (χ0v) is 9.82. The quantitative estimate of drug-likeness (QED) is 0.768. The van der Waals surface area contributed by atoms with Crippen molar-refractivity contribution in [1.82, 2.24) is 14.5 Å². The van der Waals surface area contributed by atoms with Gasteiger partial charge in [-0.3, -0.25) is 4.90 Å². The lowest BCUT2D eigenvalue weighted by Gasteiger charge is -2.26. The van der Waals surface area contributed by atoms with Crippen LogP contribution in [0.25, 0.3) is 0 Å². The maximum Gasteiger partial charge on any atom is 0.415 e. The molecular formula is C13H13N3O2. The third-order valence-corrected chi connectivity index (χ3v) is 2.95. The zero-order chi connectivity index (χ0) is 12.4. The van der Waals surface area contributed by atoms with Crippen LogP contribution in [0.1, 0.15) is 5.82 Å². The highest BCUT2D eigenvalue weighted by atomic mass is 16.6. The normalized spacial score (nSPS) is 14.1. The molecule has 0 radical (unpaired) electrons. The average Bonchev–Trinajstić information content (AvgIpc) is 2.87. The molecule has 2 heterocycles. The van der Waals surface area contributed by atoms with Crippen LogP contribution in [0.5, 0.6) is 5.75 Å². The van der Waals surface area contributed by atoms with E-state index in [1.165, 1.54) is 0 Å². The molecule has 1 aromatic carbocycles. The van der Waals surface area contributed by atoms with E-state index in [0.29, 0.717) is 18.8 Å². The molecule has 3 rings (SSSR count). The number of para-hydroxylation sites is 1. The predicted molar refractivity (Wildman–Crippen MR) is 65.1 cm³/mol. The van der Waals surface area contributed by atoms with E-state index in [2.05, 4.69) is 4.98 Å². The summed E-state index contributed by atoms with van der Waals surface area (Å²) in [4.78, 5) is 17.8. The topological polar surface area (TPSA) is 47.4 Å². The predicted octanol–water partition coefficient (Wildman–Crippen LogP) is 1.90. The summed E-state index contributed by atoms with van der Waals surface area (Å²) in [5.41, 5.74) is 0. The van der Waals surface area contributed by atoms with Crippen molar-refractivity contribution >= 4 is 6.09 Å². The molecule has 5 heteroatoms. The van der Waals surface area contributed by atoms with Crippen molar-refractivity contribution in [2.24, 2.45) is 0 Å². The number of hydrogen-bond donors (Lipinski definition) is 0. The maximum absolute atomic E-state index is 12.0. The number of fused-ring (bicyclic) bond motifs is 1. The van der Waals surface area contributed by atoms with Gasteiger partial charge in [0.1, 0.15) is 11.6 Å². The molecule has 0 fully saturated rings. The van der Waals surface area contributed by atoms with Gasteiger partial charge in [0.25, 0.3) is 0 Å². The first-order valence-corrected chi connectivity index (χ1v) is 5.85. The fourth-order valence-electron chi connectivity index (χ4n) is 1.98. The van der Waals surface area contributed by atoms with Gasteiger partial charge in [-0.2, -0.15) is 0 Å². The maximum atomic E-state index is 12.0. The molecule has 5 nitrogen and oxygen atoms in total. The third-order valence-electron chi connectivity index (χ3n) is 2.95. The van der Waals surface area contributed by atoms with Crippen LogP contribution in [-0.4, -0.2) is 27.1 Å². The van der Waals surface area contributed by atoms with Crippen LogP contribution in [0.4, 0.5) is 4.79 Å². The Labute approximate surface area is 105 Å². The van der Waals surface area contributed by atoms with Crippen molar-refractivity contribution in [3.05, 3.63) is 48.5 Å². The van der Waals surface area contributed by atoms with Gasteiger partial charge in [-0.1, -0.05) is 18.2 Å². The van der Waals surface area contributed by atoms with Crippen molar-refractivity contribution in [2.45, 2.75) is 13.1 Å². The van der Waals surface area contributed by atoms with Crippen LogP contribution in [0.15, 0.2) is 42.7 Å². The van der Waals surface area contributed by atoms with Crippen LogP contribution in [0.3, 0.4) is 0 Å². The lowest BCUT2D eigenvalue weighted by Crippen LogP contribution is -2.39. The van der Waals surface area contributed by atoms with Gasteiger partial charge >= 0.3 is 6.09 Å². The Bertz CT molecular complexity index is 550. The molecule has 0 atom stereocenters. The minimum absolute atomic E-state index is 0.324. The summed E-state index contributed by atoms with van der Waals surface area (Å²) in [6, 6.07) is 9.09. The number of benzene rings is 1. The van der Waals surface area contributed by atoms with Crippen LogP contribution in [-0.2, 0) is 13.1 Å². The summed E-state index contributed by atoms with van der Waals surface area (Å²) in [6.07, 6.45) is 3.35. The number of ether oxygens (including phenoxy) is 1. The molecule has 0 bridgehead atoms. The van der Waals surface area contributed by atoms with E-state index in [0.717, 1.165) is 12.4 Å². The summed E-state index contributed by atoms with van der Waals surface area (Å²) in [5, 5.41) is 0. The molecule has 1 aromatic heterocycles. The van der Waals surface area contributed by atoms with Crippen molar-refractivity contribution in [2.75, 3.05) is 6.54 Å². The van der Waals surface area contributed by atoms with E-state index in [4.69, 9.17) is 4.74 Å². The second-order valence-corrected chi connectivity index (χ2v) is 4.14. The molecule has 0 spiro atoms. The van der Waals surface area contributed by atoms with Crippen molar-refractivity contribution in [1.29, 1.82) is 0 Å². The van der Waals surface area contributed by atoms with Gasteiger partial charge in [-0.05, 0) is 12.1 Å². The number of rotatable bonds is 1. The lowest BCUT2D eigenvalue weighted by atomic mass is 10.3. The minimum Gasteiger partial charge on any atom is -0.410 e. The summed E-state index contributed by atoms with van der Waals surface area (Å²) in [6.45, 7) is 1.91. The van der Waals surface area contributed by atoms with Crippen molar-refractivity contribution in [3.63, 3.8) is 0 Å². The number of carbonyl (C=O) groups excluding carboxylic acids is 1. The first-order valence-electron chi connectivity index (χ1n) is 5.85. The molecule has 1 aliphatic heterocycles. The second-order valence-electron chi connectivity index (χ2n) is 4.14. The Hall–Kier alpha value is -2.30. The molecule has 0 saturated heterocycles. The number of amides is 1. The standard InChI is InChI=1S/C13H13N3O2/c17-13(18-11-4-2-1-3-5-11)16-9-8-15-7-6-14-12(15)10-16/h1-7H,8-10H2. The van der Waals surface area contributed by atoms with Crippen LogP contribution in [0, 0.1) is 0 Å². The molecule has 2 aromatic rings. The fourth-order valence-corrected chi connectivity index (χ4v) is 1.98. The highest BCUT2D eigenvalue weighted by molar-refractivity contribution is 5.70. The highest BCUT2D eigenvalue weighted by Crippen LogP contribution is 2.14. The van der Waals surface area contributed by atoms with E-state index in [-0.39, 0.29) is 6.09 Å². The first-order chi connectivity index (χ1) is 8.83. The summed E-state index contributed by atoms with van der Waals surface area (Å²) in [5.74, 6) is 1.46. The van der Waals surface area contributed by atoms with E-state index in [1.54, 1.807) is 23.2 Å². The van der Waals surface area contributed by atoms with Gasteiger partial charge < -0.3 is 9.30 Å². The third kappa shape index (κ3) is 2.07. The molecule has 0 saturated carbocycles. The molecule has 1 aliphatic rings. The number of imidazole rings is 1. The number of aromatic nitrogens is 2. The van der Waals surface area contributed by atoms with Gasteiger partial charge in [0, 0.05) is 25.5 Å².